The summed E-state index contributed by atoms with van der Waals surface area (Å²) in [5, 5.41) is 13.8. The van der Waals surface area contributed by atoms with Crippen LogP contribution in [0, 0.1) is 18.6 Å². The topological polar surface area (TPSA) is 108 Å². The average molecular weight is 423 g/mol. The van der Waals surface area contributed by atoms with Crippen molar-refractivity contribution in [2.75, 3.05) is 5.32 Å². The zero-order valence-electron chi connectivity index (χ0n) is 16.4. The van der Waals surface area contributed by atoms with Gasteiger partial charge in [-0.05, 0) is 42.0 Å². The molecule has 11 heteroatoms. The molecule has 0 radical (unpaired) electrons. The number of aromatic nitrogens is 6. The second kappa shape index (κ2) is 8.22. The second-order valence-electron chi connectivity index (χ2n) is 6.48. The van der Waals surface area contributed by atoms with Crippen LogP contribution in [0.5, 0.6) is 11.8 Å². The first-order valence-corrected chi connectivity index (χ1v) is 9.01. The summed E-state index contributed by atoms with van der Waals surface area (Å²) in [5.74, 6) is -2.60. The SMILES string of the molecule is Cc1ccc(Oc2nnn(C)n2)cc1-c1cnc(NC(=O)c2cccc(F)c2F)cn1. The highest BCUT2D eigenvalue weighted by Crippen LogP contribution is 2.28. The van der Waals surface area contributed by atoms with Gasteiger partial charge in [-0.1, -0.05) is 22.3 Å². The van der Waals surface area contributed by atoms with Gasteiger partial charge in [0, 0.05) is 5.56 Å². The molecule has 2 aromatic carbocycles. The van der Waals surface area contributed by atoms with Gasteiger partial charge in [0.25, 0.3) is 5.91 Å². The van der Waals surface area contributed by atoms with Crippen LogP contribution in [0.1, 0.15) is 15.9 Å². The van der Waals surface area contributed by atoms with E-state index in [0.717, 1.165) is 17.2 Å². The molecule has 2 aromatic heterocycles. The maximum Gasteiger partial charge on any atom is 0.361 e. The number of hydrogen-bond donors (Lipinski definition) is 1. The maximum absolute atomic E-state index is 13.8. The van der Waals surface area contributed by atoms with Crippen LogP contribution >= 0.6 is 0 Å². The summed E-state index contributed by atoms with van der Waals surface area (Å²) in [7, 11) is 1.62. The second-order valence-corrected chi connectivity index (χ2v) is 6.48. The highest BCUT2D eigenvalue weighted by Gasteiger charge is 2.16. The van der Waals surface area contributed by atoms with Crippen molar-refractivity contribution < 1.29 is 18.3 Å². The molecule has 9 nitrogen and oxygen atoms in total. The van der Waals surface area contributed by atoms with Gasteiger partial charge in [0.1, 0.15) is 5.75 Å². The number of carbonyl (C=O) groups excluding carboxylic acids is 1. The number of nitrogens with one attached hydrogen (secondary N) is 1. The summed E-state index contributed by atoms with van der Waals surface area (Å²) in [4.78, 5) is 21.9. The molecule has 0 aliphatic heterocycles. The lowest BCUT2D eigenvalue weighted by Gasteiger charge is -2.09. The molecule has 31 heavy (non-hydrogen) atoms. The zero-order valence-corrected chi connectivity index (χ0v) is 16.4. The van der Waals surface area contributed by atoms with E-state index in [1.807, 2.05) is 13.0 Å². The Balaban J connectivity index is 1.53. The Morgan fingerprint density at radius 3 is 2.68 bits per heavy atom. The molecule has 4 aromatic rings. The molecule has 4 rings (SSSR count). The largest absolute Gasteiger partial charge is 0.422 e. The van der Waals surface area contributed by atoms with Crippen molar-refractivity contribution in [3.05, 3.63) is 71.6 Å². The van der Waals surface area contributed by atoms with Crippen LogP contribution in [-0.2, 0) is 7.05 Å². The molecule has 2 heterocycles. The zero-order chi connectivity index (χ0) is 22.0. The minimum Gasteiger partial charge on any atom is -0.422 e. The van der Waals surface area contributed by atoms with E-state index < -0.39 is 23.1 Å². The number of anilines is 1. The normalized spacial score (nSPS) is 10.7. The monoisotopic (exact) mass is 423 g/mol. The van der Waals surface area contributed by atoms with Gasteiger partial charge < -0.3 is 10.1 Å². The van der Waals surface area contributed by atoms with Crippen LogP contribution in [0.15, 0.2) is 48.8 Å². The molecule has 0 atom stereocenters. The number of benzene rings is 2. The van der Waals surface area contributed by atoms with E-state index in [1.165, 1.54) is 29.3 Å². The fourth-order valence-electron chi connectivity index (χ4n) is 2.75. The lowest BCUT2D eigenvalue weighted by atomic mass is 10.1. The third-order valence-electron chi connectivity index (χ3n) is 4.27. The number of amides is 1. The molecule has 0 aliphatic carbocycles. The number of halogens is 2. The number of ether oxygens (including phenoxy) is 1. The van der Waals surface area contributed by atoms with Gasteiger partial charge in [0.05, 0.1) is 30.7 Å². The third-order valence-corrected chi connectivity index (χ3v) is 4.27. The quantitative estimate of drug-likeness (QED) is 0.525. The molecule has 1 amide bonds. The lowest BCUT2D eigenvalue weighted by Crippen LogP contribution is -2.15. The van der Waals surface area contributed by atoms with Crippen LogP contribution in [0.2, 0.25) is 0 Å². The predicted octanol–water partition coefficient (Wildman–Crippen LogP) is 3.30. The van der Waals surface area contributed by atoms with E-state index in [4.69, 9.17) is 4.74 Å². The molecule has 0 aliphatic rings. The number of nitrogens with zero attached hydrogens (tertiary/aromatic N) is 6. The highest BCUT2D eigenvalue weighted by molar-refractivity contribution is 6.03. The van der Waals surface area contributed by atoms with Gasteiger partial charge >= 0.3 is 6.01 Å². The Kier molecular flexibility index (Phi) is 5.31. The minimum atomic E-state index is -1.23. The van der Waals surface area contributed by atoms with Gasteiger partial charge in [-0.25, -0.2) is 13.8 Å². The van der Waals surface area contributed by atoms with Crippen molar-refractivity contribution in [1.82, 2.24) is 30.2 Å². The average Bonchev–Trinajstić information content (AvgIpc) is 3.16. The lowest BCUT2D eigenvalue weighted by molar-refractivity contribution is 0.102. The molecule has 0 saturated heterocycles. The summed E-state index contributed by atoms with van der Waals surface area (Å²) in [6.07, 6.45) is 2.77. The number of aryl methyl sites for hydroxylation is 2. The van der Waals surface area contributed by atoms with Crippen molar-refractivity contribution in [1.29, 1.82) is 0 Å². The molecule has 0 fully saturated rings. The number of carbonyl (C=O) groups is 1. The molecule has 0 unspecified atom stereocenters. The molecule has 0 spiro atoms. The third kappa shape index (κ3) is 4.34. The minimum absolute atomic E-state index is 0.0891. The van der Waals surface area contributed by atoms with Gasteiger partial charge in [0.2, 0.25) is 0 Å². The van der Waals surface area contributed by atoms with Crippen molar-refractivity contribution in [2.45, 2.75) is 6.92 Å². The molecular weight excluding hydrogens is 408 g/mol. The van der Waals surface area contributed by atoms with Crippen LogP contribution in [0.3, 0.4) is 0 Å². The van der Waals surface area contributed by atoms with E-state index in [1.54, 1.807) is 19.2 Å². The van der Waals surface area contributed by atoms with Crippen LogP contribution in [-0.4, -0.2) is 36.1 Å². The van der Waals surface area contributed by atoms with Crippen LogP contribution in [0.25, 0.3) is 11.3 Å². The van der Waals surface area contributed by atoms with E-state index in [9.17, 15) is 13.6 Å². The molecule has 0 saturated carbocycles. The Morgan fingerprint density at radius 1 is 1.13 bits per heavy atom. The fourth-order valence-corrected chi connectivity index (χ4v) is 2.75. The number of rotatable bonds is 5. The molecular formula is C20H15F2N7O2. The van der Waals surface area contributed by atoms with E-state index in [0.29, 0.717) is 11.4 Å². The van der Waals surface area contributed by atoms with E-state index in [2.05, 4.69) is 30.7 Å². The van der Waals surface area contributed by atoms with E-state index >= 15 is 0 Å². The number of tetrazole rings is 1. The van der Waals surface area contributed by atoms with Gasteiger partial charge in [-0.2, -0.15) is 4.80 Å². The van der Waals surface area contributed by atoms with Gasteiger partial charge in [-0.15, -0.1) is 0 Å². The summed E-state index contributed by atoms with van der Waals surface area (Å²) in [6, 6.07) is 8.80. The van der Waals surface area contributed by atoms with Crippen LogP contribution in [0.4, 0.5) is 14.6 Å². The Bertz CT molecular complexity index is 1260. The van der Waals surface area contributed by atoms with Crippen molar-refractivity contribution in [2.24, 2.45) is 7.05 Å². The summed E-state index contributed by atoms with van der Waals surface area (Å²) < 4.78 is 32.7. The summed E-state index contributed by atoms with van der Waals surface area (Å²) >= 11 is 0. The molecule has 1 N–H and O–H groups in total. The van der Waals surface area contributed by atoms with Crippen molar-refractivity contribution in [3.63, 3.8) is 0 Å². The fraction of sp³-hybridized carbons (Fsp3) is 0.100. The summed E-state index contributed by atoms with van der Waals surface area (Å²) in [5.41, 5.74) is 1.74. The predicted molar refractivity (Wildman–Crippen MR) is 105 cm³/mol. The van der Waals surface area contributed by atoms with Gasteiger partial charge in [0.15, 0.2) is 17.5 Å². The Hall–Kier alpha value is -4.28. The Morgan fingerprint density at radius 2 is 1.97 bits per heavy atom. The first-order chi connectivity index (χ1) is 14.9. The van der Waals surface area contributed by atoms with Gasteiger partial charge in [-0.3, -0.25) is 9.78 Å². The molecule has 156 valence electrons. The number of hydrogen-bond acceptors (Lipinski definition) is 7. The van der Waals surface area contributed by atoms with Crippen LogP contribution < -0.4 is 10.1 Å². The summed E-state index contributed by atoms with van der Waals surface area (Å²) in [6.45, 7) is 1.89. The Labute approximate surface area is 174 Å². The van der Waals surface area contributed by atoms with Crippen molar-refractivity contribution >= 4 is 11.7 Å². The molecule has 0 bridgehead atoms. The first kappa shape index (κ1) is 20.0. The first-order valence-electron chi connectivity index (χ1n) is 9.01. The van der Waals surface area contributed by atoms with Crippen molar-refractivity contribution in [3.8, 4) is 23.0 Å². The smallest absolute Gasteiger partial charge is 0.361 e. The highest BCUT2D eigenvalue weighted by atomic mass is 19.2. The standard InChI is InChI=1S/C20H15F2N7O2/c1-11-6-7-12(31-20-26-28-29(2)27-20)8-14(11)16-9-24-17(10-23-16)25-19(30)13-4-3-5-15(21)18(13)22/h3-10H,1-2H3,(H,24,25,30). The maximum atomic E-state index is 13.8. The van der Waals surface area contributed by atoms with E-state index in [-0.39, 0.29) is 11.8 Å².